The summed E-state index contributed by atoms with van der Waals surface area (Å²) < 4.78 is 26.7. The van der Waals surface area contributed by atoms with Crippen molar-refractivity contribution < 1.29 is 8.42 Å². The summed E-state index contributed by atoms with van der Waals surface area (Å²) in [5.74, 6) is 0. The van der Waals surface area contributed by atoms with E-state index in [1.807, 2.05) is 19.9 Å². The fraction of sp³-hybridized carbons (Fsp3) is 0.350. The number of fused-ring (bicyclic) bond motifs is 1. The van der Waals surface area contributed by atoms with E-state index in [4.69, 9.17) is 0 Å². The molecule has 0 fully saturated rings. The lowest BCUT2D eigenvalue weighted by Crippen LogP contribution is -2.27. The molecule has 1 aromatic heterocycles. The molecule has 0 saturated heterocycles. The predicted molar refractivity (Wildman–Crippen MR) is 112 cm³/mol. The van der Waals surface area contributed by atoms with Crippen LogP contribution in [0.5, 0.6) is 0 Å². The van der Waals surface area contributed by atoms with Gasteiger partial charge in [-0.05, 0) is 35.4 Å². The van der Waals surface area contributed by atoms with E-state index in [1.165, 1.54) is 24.7 Å². The highest BCUT2D eigenvalue weighted by Crippen LogP contribution is 2.24. The molecule has 0 aliphatic rings. The van der Waals surface area contributed by atoms with E-state index in [2.05, 4.69) is 47.6 Å². The lowest BCUT2D eigenvalue weighted by molar-refractivity contribution is 0.510. The van der Waals surface area contributed by atoms with Gasteiger partial charge in [0.25, 0.3) is 0 Å². The van der Waals surface area contributed by atoms with E-state index >= 15 is 0 Å². The van der Waals surface area contributed by atoms with Gasteiger partial charge in [-0.2, -0.15) is 12.7 Å². The minimum atomic E-state index is -3.53. The van der Waals surface area contributed by atoms with Crippen molar-refractivity contribution in [1.82, 2.24) is 13.3 Å². The number of nitrogens with one attached hydrogen (secondary N) is 1. The molecule has 3 aromatic rings. The Bertz CT molecular complexity index is 994. The maximum Gasteiger partial charge on any atom is 0.308 e. The highest BCUT2D eigenvalue weighted by atomic mass is 32.2. The normalized spacial score (nSPS) is 11.3. The lowest BCUT2D eigenvalue weighted by atomic mass is 10.0. The molecule has 0 aliphatic carbocycles. The number of imidazole rings is 1. The molecular weight excluding hydrogens is 360 g/mol. The number of rotatable bonds is 6. The molecule has 0 spiro atoms. The first kappa shape index (κ1) is 20.9. The standard InChI is InChI=1S/C18H22N4O2S.C2H6/c1-4-19-16-9-8-14-6-5-7-15(18(14)11-16)10-17-12-22(13-20-17)25(23,24)21(2)3;1-2/h5-9,11-13,19H,4,10H2,1-3H3;1-2H3. The molecule has 0 saturated carbocycles. The minimum Gasteiger partial charge on any atom is -0.385 e. The van der Waals surface area contributed by atoms with Gasteiger partial charge in [-0.1, -0.05) is 38.1 Å². The van der Waals surface area contributed by atoms with Crippen LogP contribution in [-0.2, 0) is 16.6 Å². The van der Waals surface area contributed by atoms with Gasteiger partial charge in [0.05, 0.1) is 5.69 Å². The van der Waals surface area contributed by atoms with Crippen molar-refractivity contribution in [3.8, 4) is 0 Å². The van der Waals surface area contributed by atoms with Crippen LogP contribution >= 0.6 is 0 Å². The predicted octanol–water partition coefficient (Wildman–Crippen LogP) is 3.74. The van der Waals surface area contributed by atoms with Gasteiger partial charge < -0.3 is 5.32 Å². The lowest BCUT2D eigenvalue weighted by Gasteiger charge is -2.11. The fourth-order valence-electron chi connectivity index (χ4n) is 2.75. The van der Waals surface area contributed by atoms with Crippen molar-refractivity contribution in [2.24, 2.45) is 0 Å². The van der Waals surface area contributed by atoms with Gasteiger partial charge in [0.2, 0.25) is 0 Å². The third-order valence-electron chi connectivity index (χ3n) is 4.07. The van der Waals surface area contributed by atoms with Gasteiger partial charge in [-0.25, -0.2) is 8.96 Å². The first-order valence-corrected chi connectivity index (χ1v) is 10.5. The summed E-state index contributed by atoms with van der Waals surface area (Å²) >= 11 is 0. The Labute approximate surface area is 162 Å². The van der Waals surface area contributed by atoms with Crippen LogP contribution in [0.1, 0.15) is 32.0 Å². The minimum absolute atomic E-state index is 0.572. The fourth-order valence-corrected chi connectivity index (χ4v) is 3.55. The first-order chi connectivity index (χ1) is 12.9. The Morgan fingerprint density at radius 2 is 1.89 bits per heavy atom. The van der Waals surface area contributed by atoms with Crippen LogP contribution in [0.25, 0.3) is 10.8 Å². The zero-order valence-corrected chi connectivity index (χ0v) is 17.4. The zero-order valence-electron chi connectivity index (χ0n) is 16.6. The second-order valence-electron chi connectivity index (χ2n) is 6.05. The van der Waals surface area contributed by atoms with Crippen LogP contribution in [0.3, 0.4) is 0 Å². The monoisotopic (exact) mass is 388 g/mol. The number of nitrogens with zero attached hydrogens (tertiary/aromatic N) is 3. The molecule has 27 heavy (non-hydrogen) atoms. The average molecular weight is 389 g/mol. The van der Waals surface area contributed by atoms with Crippen molar-refractivity contribution in [3.63, 3.8) is 0 Å². The van der Waals surface area contributed by atoms with Gasteiger partial charge >= 0.3 is 10.2 Å². The SMILES string of the molecule is CC.CCNc1ccc2cccc(Cc3cn(S(=O)(=O)N(C)C)cn3)c2c1. The largest absolute Gasteiger partial charge is 0.385 e. The molecule has 0 unspecified atom stereocenters. The summed E-state index contributed by atoms with van der Waals surface area (Å²) in [6, 6.07) is 12.4. The Morgan fingerprint density at radius 1 is 1.15 bits per heavy atom. The summed E-state index contributed by atoms with van der Waals surface area (Å²) in [5.41, 5.74) is 2.90. The smallest absolute Gasteiger partial charge is 0.308 e. The third-order valence-corrected chi connectivity index (χ3v) is 5.72. The number of anilines is 1. The molecule has 2 aromatic carbocycles. The van der Waals surface area contributed by atoms with Gasteiger partial charge in [0, 0.05) is 38.9 Å². The van der Waals surface area contributed by atoms with Crippen LogP contribution in [-0.4, -0.2) is 42.3 Å². The molecular formula is C20H28N4O2S. The van der Waals surface area contributed by atoms with Crippen molar-refractivity contribution in [1.29, 1.82) is 0 Å². The van der Waals surface area contributed by atoms with Gasteiger partial charge in [-0.15, -0.1) is 0 Å². The zero-order chi connectivity index (χ0) is 20.0. The van der Waals surface area contributed by atoms with E-state index < -0.39 is 10.2 Å². The summed E-state index contributed by atoms with van der Waals surface area (Å²) in [5, 5.41) is 5.62. The van der Waals surface area contributed by atoms with Crippen LogP contribution in [0, 0.1) is 0 Å². The summed E-state index contributed by atoms with van der Waals surface area (Å²) in [7, 11) is -0.523. The Kier molecular flexibility index (Phi) is 6.98. The number of hydrogen-bond acceptors (Lipinski definition) is 4. The highest BCUT2D eigenvalue weighted by Gasteiger charge is 2.17. The molecule has 146 valence electrons. The maximum atomic E-state index is 12.2. The van der Waals surface area contributed by atoms with Gasteiger partial charge in [-0.3, -0.25) is 0 Å². The van der Waals surface area contributed by atoms with Crippen LogP contribution in [0.2, 0.25) is 0 Å². The number of benzene rings is 2. The second-order valence-corrected chi connectivity index (χ2v) is 8.09. The van der Waals surface area contributed by atoms with Crippen LogP contribution < -0.4 is 5.32 Å². The Hall–Kier alpha value is -2.38. The Morgan fingerprint density at radius 3 is 2.56 bits per heavy atom. The Balaban J connectivity index is 0.00000126. The molecule has 1 N–H and O–H groups in total. The van der Waals surface area contributed by atoms with E-state index in [9.17, 15) is 8.42 Å². The first-order valence-electron chi connectivity index (χ1n) is 9.13. The van der Waals surface area contributed by atoms with Crippen molar-refractivity contribution >= 4 is 26.7 Å². The quantitative estimate of drug-likeness (QED) is 0.698. The number of hydrogen-bond donors (Lipinski definition) is 1. The van der Waals surface area contributed by atoms with Crippen LogP contribution in [0.15, 0.2) is 48.9 Å². The van der Waals surface area contributed by atoms with Crippen molar-refractivity contribution in [2.45, 2.75) is 27.2 Å². The molecule has 1 heterocycles. The third kappa shape index (κ3) is 4.67. The van der Waals surface area contributed by atoms with E-state index in [1.54, 1.807) is 6.20 Å². The molecule has 0 atom stereocenters. The van der Waals surface area contributed by atoms with E-state index in [0.717, 1.165) is 32.5 Å². The highest BCUT2D eigenvalue weighted by molar-refractivity contribution is 7.87. The van der Waals surface area contributed by atoms with Gasteiger partial charge in [0.15, 0.2) is 0 Å². The molecule has 3 rings (SSSR count). The molecule has 0 aliphatic heterocycles. The number of aromatic nitrogens is 2. The molecule has 6 nitrogen and oxygen atoms in total. The average Bonchev–Trinajstić information content (AvgIpc) is 3.13. The molecule has 0 amide bonds. The molecule has 0 radical (unpaired) electrons. The van der Waals surface area contributed by atoms with Crippen molar-refractivity contribution in [2.75, 3.05) is 26.0 Å². The molecule has 0 bridgehead atoms. The van der Waals surface area contributed by atoms with E-state index in [0.29, 0.717) is 12.1 Å². The van der Waals surface area contributed by atoms with E-state index in [-0.39, 0.29) is 0 Å². The topological polar surface area (TPSA) is 67.2 Å². The second kappa shape index (κ2) is 9.01. The molecule has 7 heteroatoms. The summed E-state index contributed by atoms with van der Waals surface area (Å²) in [6.45, 7) is 6.93. The van der Waals surface area contributed by atoms with Gasteiger partial charge in [0.1, 0.15) is 6.33 Å². The summed E-state index contributed by atoms with van der Waals surface area (Å²) in [6.07, 6.45) is 3.49. The maximum absolute atomic E-state index is 12.2. The van der Waals surface area contributed by atoms with Crippen LogP contribution in [0.4, 0.5) is 5.69 Å². The summed E-state index contributed by atoms with van der Waals surface area (Å²) in [4.78, 5) is 4.27. The van der Waals surface area contributed by atoms with Crippen molar-refractivity contribution in [3.05, 3.63) is 60.2 Å².